The Kier molecular flexibility index (Phi) is 4.75. The van der Waals surface area contributed by atoms with Crippen LogP contribution in [0, 0.1) is 22.7 Å². The molecule has 0 aliphatic carbocycles. The van der Waals surface area contributed by atoms with Gasteiger partial charge in [-0.05, 0) is 35.0 Å². The highest BCUT2D eigenvalue weighted by molar-refractivity contribution is 5.90. The van der Waals surface area contributed by atoms with Gasteiger partial charge in [0.2, 0.25) is 11.8 Å². The van der Waals surface area contributed by atoms with Crippen LogP contribution in [0.4, 0.5) is 0 Å². The highest BCUT2D eigenvalue weighted by Gasteiger charge is 2.42. The lowest BCUT2D eigenvalue weighted by molar-refractivity contribution is 0.388. The van der Waals surface area contributed by atoms with Gasteiger partial charge in [0.15, 0.2) is 0 Å². The Morgan fingerprint density at radius 3 is 2.59 bits per heavy atom. The van der Waals surface area contributed by atoms with Gasteiger partial charge >= 0.3 is 0 Å². The summed E-state index contributed by atoms with van der Waals surface area (Å²) >= 11 is 0. The Morgan fingerprint density at radius 1 is 1.03 bits per heavy atom. The molecule has 0 saturated carbocycles. The number of aromatic nitrogens is 2. The van der Waals surface area contributed by atoms with Crippen LogP contribution >= 0.6 is 0 Å². The van der Waals surface area contributed by atoms with Gasteiger partial charge < -0.3 is 14.2 Å². The molecule has 7 nitrogen and oxygen atoms in total. The van der Waals surface area contributed by atoms with Crippen molar-refractivity contribution >= 4 is 16.7 Å². The van der Waals surface area contributed by atoms with E-state index < -0.39 is 11.8 Å². The maximum atomic E-state index is 9.98. The topological polar surface area (TPSA) is 104 Å². The number of hydrogen-bond acceptors (Lipinski definition) is 6. The average molecular weight is 424 g/mol. The SMILES string of the molecule is COc1ccc(OC)c([C@@H]2c3c(n[nH]c3-c3ccc4ccccc4c3)OC(=N)C2C#N)c1. The number of nitrogens with zero attached hydrogens (tertiary/aromatic N) is 2. The minimum absolute atomic E-state index is 0.147. The first-order chi connectivity index (χ1) is 15.6. The number of nitriles is 1. The molecule has 4 aromatic rings. The summed E-state index contributed by atoms with van der Waals surface area (Å²) in [4.78, 5) is 0. The molecule has 1 aliphatic rings. The van der Waals surface area contributed by atoms with Crippen molar-refractivity contribution in [3.05, 3.63) is 71.8 Å². The van der Waals surface area contributed by atoms with E-state index in [9.17, 15) is 5.26 Å². The third-order valence-electron chi connectivity index (χ3n) is 5.85. The monoisotopic (exact) mass is 424 g/mol. The number of fused-ring (bicyclic) bond motifs is 2. The molecule has 2 atom stereocenters. The highest BCUT2D eigenvalue weighted by atomic mass is 16.5. The normalized spacial score (nSPS) is 17.3. The van der Waals surface area contributed by atoms with Gasteiger partial charge in [-0.2, -0.15) is 5.26 Å². The molecule has 0 saturated heterocycles. The summed E-state index contributed by atoms with van der Waals surface area (Å²) in [6.07, 6.45) is 0. The third kappa shape index (κ3) is 3.05. The molecule has 7 heteroatoms. The molecule has 158 valence electrons. The first-order valence-corrected chi connectivity index (χ1v) is 10.1. The molecule has 0 bridgehead atoms. The van der Waals surface area contributed by atoms with E-state index in [0.717, 1.165) is 33.2 Å². The lowest BCUT2D eigenvalue weighted by Gasteiger charge is -2.29. The van der Waals surface area contributed by atoms with E-state index in [4.69, 9.17) is 19.6 Å². The van der Waals surface area contributed by atoms with Crippen LogP contribution in [0.1, 0.15) is 17.0 Å². The fourth-order valence-electron chi connectivity index (χ4n) is 4.30. The van der Waals surface area contributed by atoms with Gasteiger partial charge in [0, 0.05) is 17.0 Å². The minimum Gasteiger partial charge on any atom is -0.497 e. The zero-order valence-electron chi connectivity index (χ0n) is 17.5. The molecule has 0 fully saturated rings. The number of aromatic amines is 1. The second kappa shape index (κ2) is 7.75. The van der Waals surface area contributed by atoms with Crippen LogP contribution in [-0.4, -0.2) is 30.3 Å². The lowest BCUT2D eigenvalue weighted by Crippen LogP contribution is -2.31. The number of H-pyrrole nitrogens is 1. The molecular formula is C25H20N4O3. The van der Waals surface area contributed by atoms with Crippen molar-refractivity contribution in [2.75, 3.05) is 14.2 Å². The molecule has 0 amide bonds. The summed E-state index contributed by atoms with van der Waals surface area (Å²) in [5, 5.41) is 27.9. The van der Waals surface area contributed by atoms with Gasteiger partial charge in [0.1, 0.15) is 17.4 Å². The summed E-state index contributed by atoms with van der Waals surface area (Å²) in [5.74, 6) is 0.00275. The van der Waals surface area contributed by atoms with Gasteiger partial charge in [-0.25, -0.2) is 0 Å². The van der Waals surface area contributed by atoms with Crippen LogP contribution in [0.2, 0.25) is 0 Å². The molecule has 1 aliphatic heterocycles. The van der Waals surface area contributed by atoms with Crippen molar-refractivity contribution in [1.82, 2.24) is 10.2 Å². The summed E-state index contributed by atoms with van der Waals surface area (Å²) < 4.78 is 16.7. The molecule has 32 heavy (non-hydrogen) atoms. The van der Waals surface area contributed by atoms with Crippen LogP contribution in [0.15, 0.2) is 60.7 Å². The molecule has 5 rings (SSSR count). The second-order valence-electron chi connectivity index (χ2n) is 7.54. The summed E-state index contributed by atoms with van der Waals surface area (Å²) in [5.41, 5.74) is 3.11. The first-order valence-electron chi connectivity index (χ1n) is 10.1. The maximum absolute atomic E-state index is 9.98. The van der Waals surface area contributed by atoms with Crippen LogP contribution in [0.25, 0.3) is 22.0 Å². The Morgan fingerprint density at radius 2 is 1.84 bits per heavy atom. The molecule has 3 aromatic carbocycles. The highest BCUT2D eigenvalue weighted by Crippen LogP contribution is 2.48. The smallest absolute Gasteiger partial charge is 0.244 e. The number of methoxy groups -OCH3 is 2. The third-order valence-corrected chi connectivity index (χ3v) is 5.85. The number of rotatable bonds is 4. The first kappa shape index (κ1) is 19.6. The standard InChI is InChI=1S/C25H20N4O3/c1-30-17-9-10-20(31-2)18(12-17)21-19(13-26)24(27)32-25-22(21)23(28-29-25)16-8-7-14-5-3-4-6-15(14)11-16/h3-12,19,21,27H,1-2H3,(H,28,29)/t19?,21-/m0/s1. The van der Waals surface area contributed by atoms with E-state index in [2.05, 4.69) is 34.5 Å². The molecule has 1 aromatic heterocycles. The number of ether oxygens (including phenoxy) is 3. The lowest BCUT2D eigenvalue weighted by atomic mass is 9.78. The summed E-state index contributed by atoms with van der Waals surface area (Å²) in [7, 11) is 3.17. The van der Waals surface area contributed by atoms with Gasteiger partial charge in [-0.15, -0.1) is 5.10 Å². The van der Waals surface area contributed by atoms with Crippen LogP contribution < -0.4 is 14.2 Å². The van der Waals surface area contributed by atoms with E-state index in [1.165, 1.54) is 0 Å². The van der Waals surface area contributed by atoms with E-state index >= 15 is 0 Å². The minimum atomic E-state index is -0.847. The Hall–Kier alpha value is -4.31. The fraction of sp³-hybridized carbons (Fsp3) is 0.160. The van der Waals surface area contributed by atoms with Crippen LogP contribution in [0.5, 0.6) is 17.4 Å². The molecular weight excluding hydrogens is 404 g/mol. The molecule has 2 N–H and O–H groups in total. The van der Waals surface area contributed by atoms with E-state index in [0.29, 0.717) is 17.4 Å². The largest absolute Gasteiger partial charge is 0.497 e. The van der Waals surface area contributed by atoms with Gasteiger partial charge in [0.05, 0.1) is 31.5 Å². The Balaban J connectivity index is 1.75. The van der Waals surface area contributed by atoms with Gasteiger partial charge in [-0.1, -0.05) is 36.4 Å². The molecule has 0 spiro atoms. The van der Waals surface area contributed by atoms with Crippen molar-refractivity contribution in [2.24, 2.45) is 5.92 Å². The zero-order chi connectivity index (χ0) is 22.2. The number of nitrogens with one attached hydrogen (secondary N) is 2. The van der Waals surface area contributed by atoms with Crippen molar-refractivity contribution in [3.8, 4) is 34.7 Å². The molecule has 2 heterocycles. The van der Waals surface area contributed by atoms with Crippen molar-refractivity contribution < 1.29 is 14.2 Å². The average Bonchev–Trinajstić information content (AvgIpc) is 3.25. The number of hydrogen-bond donors (Lipinski definition) is 2. The predicted molar refractivity (Wildman–Crippen MR) is 120 cm³/mol. The van der Waals surface area contributed by atoms with Crippen molar-refractivity contribution in [2.45, 2.75) is 5.92 Å². The summed E-state index contributed by atoms with van der Waals surface area (Å²) in [6, 6.07) is 21.9. The quantitative estimate of drug-likeness (QED) is 0.485. The second-order valence-corrected chi connectivity index (χ2v) is 7.54. The van der Waals surface area contributed by atoms with Crippen LogP contribution in [0.3, 0.4) is 0 Å². The summed E-state index contributed by atoms with van der Waals surface area (Å²) in [6.45, 7) is 0. The number of benzene rings is 3. The Bertz CT molecular complexity index is 1390. The van der Waals surface area contributed by atoms with E-state index in [-0.39, 0.29) is 5.90 Å². The Labute approximate surface area is 184 Å². The van der Waals surface area contributed by atoms with Crippen LogP contribution in [-0.2, 0) is 0 Å². The van der Waals surface area contributed by atoms with Gasteiger partial charge in [-0.3, -0.25) is 10.5 Å². The zero-order valence-corrected chi connectivity index (χ0v) is 17.5. The maximum Gasteiger partial charge on any atom is 0.244 e. The van der Waals surface area contributed by atoms with Gasteiger partial charge in [0.25, 0.3) is 0 Å². The van der Waals surface area contributed by atoms with Crippen molar-refractivity contribution in [3.63, 3.8) is 0 Å². The molecule has 0 radical (unpaired) electrons. The van der Waals surface area contributed by atoms with E-state index in [1.54, 1.807) is 26.4 Å². The predicted octanol–water partition coefficient (Wildman–Crippen LogP) is 4.89. The van der Waals surface area contributed by atoms with E-state index in [1.807, 2.05) is 30.3 Å². The fourth-order valence-corrected chi connectivity index (χ4v) is 4.30. The molecule has 1 unspecified atom stereocenters. The van der Waals surface area contributed by atoms with Crippen molar-refractivity contribution in [1.29, 1.82) is 10.7 Å².